The molecule has 0 amide bonds. The highest BCUT2D eigenvalue weighted by molar-refractivity contribution is 6.33. The second-order valence-electron chi connectivity index (χ2n) is 5.38. The van der Waals surface area contributed by atoms with Crippen LogP contribution in [0.25, 0.3) is 0 Å². The van der Waals surface area contributed by atoms with Crippen LogP contribution in [-0.4, -0.2) is 25.2 Å². The van der Waals surface area contributed by atoms with Gasteiger partial charge in [0, 0.05) is 18.6 Å². The van der Waals surface area contributed by atoms with E-state index in [9.17, 15) is 0 Å². The molecule has 0 bridgehead atoms. The number of hydrogen-bond donors (Lipinski definition) is 1. The van der Waals surface area contributed by atoms with Crippen LogP contribution in [0.15, 0.2) is 18.2 Å². The molecule has 2 aliphatic rings. The monoisotopic (exact) mass is 275 g/mol. The first-order valence-electron chi connectivity index (χ1n) is 6.99. The summed E-state index contributed by atoms with van der Waals surface area (Å²) in [6.07, 6.45) is 4.98. The van der Waals surface area contributed by atoms with Gasteiger partial charge in [0.1, 0.15) is 0 Å². The molecule has 2 heterocycles. The summed E-state index contributed by atoms with van der Waals surface area (Å²) in [5.74, 6) is 0. The molecule has 1 N–H and O–H groups in total. The molecular formula is C15H18ClN3. The van der Waals surface area contributed by atoms with E-state index in [4.69, 9.17) is 16.9 Å². The summed E-state index contributed by atoms with van der Waals surface area (Å²) in [4.78, 5) is 2.42. The van der Waals surface area contributed by atoms with E-state index in [2.05, 4.69) is 16.3 Å². The summed E-state index contributed by atoms with van der Waals surface area (Å²) < 4.78 is 0. The first-order chi connectivity index (χ1) is 9.29. The normalized spacial score (nSPS) is 26.6. The van der Waals surface area contributed by atoms with E-state index in [-0.39, 0.29) is 0 Å². The van der Waals surface area contributed by atoms with E-state index in [1.807, 2.05) is 12.1 Å². The molecule has 0 aromatic heterocycles. The van der Waals surface area contributed by atoms with Crippen LogP contribution in [0.3, 0.4) is 0 Å². The predicted molar refractivity (Wildman–Crippen MR) is 77.6 cm³/mol. The average molecular weight is 276 g/mol. The Morgan fingerprint density at radius 3 is 2.89 bits per heavy atom. The second-order valence-corrected chi connectivity index (χ2v) is 5.79. The summed E-state index contributed by atoms with van der Waals surface area (Å²) in [7, 11) is 0. The topological polar surface area (TPSA) is 39.1 Å². The van der Waals surface area contributed by atoms with Crippen LogP contribution < -0.4 is 10.2 Å². The lowest BCUT2D eigenvalue weighted by molar-refractivity contribution is 0.483. The zero-order valence-electron chi connectivity index (χ0n) is 10.9. The zero-order valence-corrected chi connectivity index (χ0v) is 11.7. The molecule has 2 unspecified atom stereocenters. The molecule has 3 nitrogen and oxygen atoms in total. The highest BCUT2D eigenvalue weighted by Crippen LogP contribution is 2.34. The van der Waals surface area contributed by atoms with Gasteiger partial charge in [-0.2, -0.15) is 5.26 Å². The number of halogens is 1. The van der Waals surface area contributed by atoms with Gasteiger partial charge in [-0.3, -0.25) is 0 Å². The Kier molecular flexibility index (Phi) is 3.63. The minimum atomic E-state index is 0.549. The Morgan fingerprint density at radius 1 is 1.32 bits per heavy atom. The maximum atomic E-state index is 8.91. The van der Waals surface area contributed by atoms with Crippen LogP contribution >= 0.6 is 11.6 Å². The third-order valence-electron chi connectivity index (χ3n) is 4.25. The minimum Gasteiger partial charge on any atom is -0.366 e. The Morgan fingerprint density at radius 2 is 2.21 bits per heavy atom. The predicted octanol–water partition coefficient (Wildman–Crippen LogP) is 2.93. The molecule has 2 aliphatic heterocycles. The van der Waals surface area contributed by atoms with E-state index in [0.29, 0.717) is 22.7 Å². The number of nitriles is 1. The summed E-state index contributed by atoms with van der Waals surface area (Å²) in [5, 5.41) is 13.2. The SMILES string of the molecule is N#Cc1ccc(N2CCCC2C2CCCN2)c(Cl)c1. The van der Waals surface area contributed by atoms with Crippen LogP contribution in [-0.2, 0) is 0 Å². The van der Waals surface area contributed by atoms with Crippen molar-refractivity contribution in [3.05, 3.63) is 28.8 Å². The van der Waals surface area contributed by atoms with Gasteiger partial charge in [-0.05, 0) is 50.4 Å². The van der Waals surface area contributed by atoms with Crippen molar-refractivity contribution >= 4 is 17.3 Å². The lowest BCUT2D eigenvalue weighted by Gasteiger charge is -2.32. The standard InChI is InChI=1S/C15H18ClN3/c16-12-9-11(10-17)5-6-14(12)19-8-2-4-15(19)13-3-1-7-18-13/h5-6,9,13,15,18H,1-4,7-8H2. The Hall–Kier alpha value is -1.24. The third kappa shape index (κ3) is 2.43. The number of nitrogens with zero attached hydrogens (tertiary/aromatic N) is 2. The molecule has 2 fully saturated rings. The Balaban J connectivity index is 1.86. The van der Waals surface area contributed by atoms with Crippen molar-refractivity contribution in [3.63, 3.8) is 0 Å². The van der Waals surface area contributed by atoms with Crippen molar-refractivity contribution < 1.29 is 0 Å². The number of hydrogen-bond acceptors (Lipinski definition) is 3. The first kappa shape index (κ1) is 12.8. The van der Waals surface area contributed by atoms with Crippen LogP contribution in [0.4, 0.5) is 5.69 Å². The molecule has 0 spiro atoms. The van der Waals surface area contributed by atoms with Gasteiger partial charge in [0.05, 0.1) is 22.3 Å². The summed E-state index contributed by atoms with van der Waals surface area (Å²) in [6.45, 7) is 2.20. The maximum absolute atomic E-state index is 8.91. The van der Waals surface area contributed by atoms with Gasteiger partial charge >= 0.3 is 0 Å². The highest BCUT2D eigenvalue weighted by Gasteiger charge is 2.34. The molecule has 0 saturated carbocycles. The second kappa shape index (κ2) is 5.40. The fourth-order valence-electron chi connectivity index (χ4n) is 3.36. The van der Waals surface area contributed by atoms with E-state index >= 15 is 0 Å². The van der Waals surface area contributed by atoms with Gasteiger partial charge in [0.25, 0.3) is 0 Å². The van der Waals surface area contributed by atoms with Gasteiger partial charge in [0.2, 0.25) is 0 Å². The lowest BCUT2D eigenvalue weighted by Crippen LogP contribution is -2.44. The molecule has 2 atom stereocenters. The smallest absolute Gasteiger partial charge is 0.0992 e. The van der Waals surface area contributed by atoms with E-state index in [1.165, 1.54) is 25.7 Å². The van der Waals surface area contributed by atoms with Crippen molar-refractivity contribution in [1.82, 2.24) is 5.32 Å². The summed E-state index contributed by atoms with van der Waals surface area (Å²) in [5.41, 5.74) is 1.71. The first-order valence-corrected chi connectivity index (χ1v) is 7.37. The Labute approximate surface area is 119 Å². The Bertz CT molecular complexity index is 503. The minimum absolute atomic E-state index is 0.549. The van der Waals surface area contributed by atoms with Crippen molar-refractivity contribution in [1.29, 1.82) is 5.26 Å². The van der Waals surface area contributed by atoms with Crippen molar-refractivity contribution in [2.45, 2.75) is 37.8 Å². The average Bonchev–Trinajstić information content (AvgIpc) is 3.08. The molecule has 0 aliphatic carbocycles. The van der Waals surface area contributed by atoms with Crippen LogP contribution in [0.5, 0.6) is 0 Å². The largest absolute Gasteiger partial charge is 0.366 e. The number of nitrogens with one attached hydrogen (secondary N) is 1. The molecule has 2 saturated heterocycles. The lowest BCUT2D eigenvalue weighted by atomic mass is 10.0. The fourth-order valence-corrected chi connectivity index (χ4v) is 3.65. The molecule has 19 heavy (non-hydrogen) atoms. The zero-order chi connectivity index (χ0) is 13.2. The van der Waals surface area contributed by atoms with Crippen molar-refractivity contribution in [2.24, 2.45) is 0 Å². The van der Waals surface area contributed by atoms with Crippen LogP contribution in [0, 0.1) is 11.3 Å². The van der Waals surface area contributed by atoms with Gasteiger partial charge < -0.3 is 10.2 Å². The molecule has 0 radical (unpaired) electrons. The van der Waals surface area contributed by atoms with Crippen LogP contribution in [0.2, 0.25) is 5.02 Å². The van der Waals surface area contributed by atoms with E-state index in [1.54, 1.807) is 6.07 Å². The van der Waals surface area contributed by atoms with Gasteiger partial charge in [-0.1, -0.05) is 11.6 Å². The van der Waals surface area contributed by atoms with Crippen LogP contribution in [0.1, 0.15) is 31.2 Å². The molecule has 4 heteroatoms. The molecule has 3 rings (SSSR count). The third-order valence-corrected chi connectivity index (χ3v) is 4.55. The highest BCUT2D eigenvalue weighted by atomic mass is 35.5. The van der Waals surface area contributed by atoms with E-state index < -0.39 is 0 Å². The maximum Gasteiger partial charge on any atom is 0.0992 e. The number of anilines is 1. The molecule has 100 valence electrons. The van der Waals surface area contributed by atoms with E-state index in [0.717, 1.165) is 18.8 Å². The number of benzene rings is 1. The number of rotatable bonds is 2. The fraction of sp³-hybridized carbons (Fsp3) is 0.533. The molecular weight excluding hydrogens is 258 g/mol. The van der Waals surface area contributed by atoms with Gasteiger partial charge in [-0.15, -0.1) is 0 Å². The van der Waals surface area contributed by atoms with Crippen molar-refractivity contribution in [2.75, 3.05) is 18.0 Å². The quantitative estimate of drug-likeness (QED) is 0.902. The summed E-state index contributed by atoms with van der Waals surface area (Å²) >= 11 is 6.35. The molecule has 1 aromatic carbocycles. The summed E-state index contributed by atoms with van der Waals surface area (Å²) in [6, 6.07) is 8.90. The van der Waals surface area contributed by atoms with Gasteiger partial charge in [0.15, 0.2) is 0 Å². The molecule has 1 aromatic rings. The van der Waals surface area contributed by atoms with Crippen molar-refractivity contribution in [3.8, 4) is 6.07 Å². The van der Waals surface area contributed by atoms with Gasteiger partial charge in [-0.25, -0.2) is 0 Å².